The highest BCUT2D eigenvalue weighted by molar-refractivity contribution is 7.89. The van der Waals surface area contributed by atoms with Crippen LogP contribution in [0.5, 0.6) is 0 Å². The number of aliphatic hydroxyl groups is 1. The SMILES string of the molecule is COn1c(=O)c(-c2c(Cl)cccc2Cl)cc2cnc(Nc3cccc(S(=O)(=O)NCCO)c3)nc21. The van der Waals surface area contributed by atoms with Gasteiger partial charge in [0.1, 0.15) is 7.11 Å². The maximum Gasteiger partial charge on any atom is 0.293 e. The number of rotatable bonds is 8. The van der Waals surface area contributed by atoms with Crippen LogP contribution >= 0.6 is 23.2 Å². The molecular formula is C22H19Cl2N5O5S. The summed E-state index contributed by atoms with van der Waals surface area (Å²) in [5.74, 6) is 0.101. The molecule has 4 aromatic rings. The van der Waals surface area contributed by atoms with Crippen molar-refractivity contribution in [3.05, 3.63) is 75.1 Å². The fraction of sp³-hybridized carbons (Fsp3) is 0.136. The largest absolute Gasteiger partial charge is 0.412 e. The molecule has 182 valence electrons. The number of halogens is 2. The Bertz CT molecular complexity index is 1560. The third kappa shape index (κ3) is 5.09. The number of hydrogen-bond donors (Lipinski definition) is 3. The van der Waals surface area contributed by atoms with E-state index in [-0.39, 0.29) is 35.2 Å². The molecular weight excluding hydrogens is 517 g/mol. The van der Waals surface area contributed by atoms with Crippen LogP contribution in [-0.4, -0.2) is 48.5 Å². The molecule has 0 spiro atoms. The molecule has 3 N–H and O–H groups in total. The molecule has 2 heterocycles. The van der Waals surface area contributed by atoms with Crippen molar-refractivity contribution in [1.29, 1.82) is 0 Å². The van der Waals surface area contributed by atoms with Gasteiger partial charge in [0.05, 0.1) is 27.1 Å². The molecule has 0 unspecified atom stereocenters. The zero-order chi connectivity index (χ0) is 25.2. The Kier molecular flexibility index (Phi) is 7.24. The first-order valence-corrected chi connectivity index (χ1v) is 12.4. The number of pyridine rings is 1. The van der Waals surface area contributed by atoms with Gasteiger partial charge in [-0.2, -0.15) is 4.98 Å². The number of nitrogens with one attached hydrogen (secondary N) is 2. The molecule has 13 heteroatoms. The second kappa shape index (κ2) is 10.2. The second-order valence-electron chi connectivity index (χ2n) is 7.18. The molecule has 0 saturated heterocycles. The standard InChI is InChI=1S/C22H19Cl2N5O5S/c1-34-29-20-13(10-16(21(29)31)19-17(23)6-3-7-18(19)24)12-25-22(28-20)27-14-4-2-5-15(11-14)35(32,33)26-8-9-30/h2-7,10-12,26,30H,8-9H2,1H3,(H,25,27,28). The molecule has 0 aliphatic heterocycles. The molecule has 0 bridgehead atoms. The highest BCUT2D eigenvalue weighted by Gasteiger charge is 2.18. The third-order valence-corrected chi connectivity index (χ3v) is 7.01. The summed E-state index contributed by atoms with van der Waals surface area (Å²) in [6, 6.07) is 12.5. The van der Waals surface area contributed by atoms with Gasteiger partial charge >= 0.3 is 0 Å². The number of anilines is 2. The summed E-state index contributed by atoms with van der Waals surface area (Å²) in [5, 5.41) is 12.9. The van der Waals surface area contributed by atoms with Gasteiger partial charge in [-0.05, 0) is 36.4 Å². The zero-order valence-electron chi connectivity index (χ0n) is 18.2. The summed E-state index contributed by atoms with van der Waals surface area (Å²) < 4.78 is 27.9. The lowest BCUT2D eigenvalue weighted by Gasteiger charge is -2.13. The van der Waals surface area contributed by atoms with Crippen molar-refractivity contribution < 1.29 is 18.4 Å². The van der Waals surface area contributed by atoms with Crippen LogP contribution < -0.4 is 20.4 Å². The van der Waals surface area contributed by atoms with Crippen molar-refractivity contribution in [2.24, 2.45) is 0 Å². The van der Waals surface area contributed by atoms with E-state index >= 15 is 0 Å². The molecule has 0 amide bonds. The smallest absolute Gasteiger partial charge is 0.293 e. The van der Waals surface area contributed by atoms with Gasteiger partial charge in [-0.15, -0.1) is 4.73 Å². The Morgan fingerprint density at radius 2 is 1.83 bits per heavy atom. The van der Waals surface area contributed by atoms with Crippen molar-refractivity contribution in [2.45, 2.75) is 4.90 Å². The van der Waals surface area contributed by atoms with E-state index in [2.05, 4.69) is 20.0 Å². The van der Waals surface area contributed by atoms with Gasteiger partial charge in [0.2, 0.25) is 16.0 Å². The number of sulfonamides is 1. The maximum atomic E-state index is 13.2. The lowest BCUT2D eigenvalue weighted by Crippen LogP contribution is -2.27. The van der Waals surface area contributed by atoms with Gasteiger partial charge in [0.15, 0.2) is 5.65 Å². The number of aromatic nitrogens is 3. The molecule has 2 aromatic carbocycles. The van der Waals surface area contributed by atoms with E-state index in [4.69, 9.17) is 33.1 Å². The van der Waals surface area contributed by atoms with E-state index < -0.39 is 15.6 Å². The first-order chi connectivity index (χ1) is 16.7. The Hall–Kier alpha value is -3.22. The first-order valence-electron chi connectivity index (χ1n) is 10.1. The van der Waals surface area contributed by atoms with Crippen molar-refractivity contribution in [1.82, 2.24) is 19.4 Å². The lowest BCUT2D eigenvalue weighted by molar-refractivity contribution is 0.168. The van der Waals surface area contributed by atoms with Gasteiger partial charge < -0.3 is 15.3 Å². The molecule has 2 aromatic heterocycles. The van der Waals surface area contributed by atoms with Gasteiger partial charge in [0, 0.05) is 29.4 Å². The minimum absolute atomic E-state index is 0.00759. The lowest BCUT2D eigenvalue weighted by atomic mass is 10.1. The van der Waals surface area contributed by atoms with Crippen molar-refractivity contribution in [2.75, 3.05) is 25.6 Å². The minimum Gasteiger partial charge on any atom is -0.412 e. The monoisotopic (exact) mass is 535 g/mol. The Morgan fingerprint density at radius 3 is 2.51 bits per heavy atom. The molecule has 10 nitrogen and oxygen atoms in total. The van der Waals surface area contributed by atoms with E-state index in [1.807, 2.05) is 0 Å². The number of fused-ring (bicyclic) bond motifs is 1. The van der Waals surface area contributed by atoms with Gasteiger partial charge in [-0.1, -0.05) is 35.3 Å². The van der Waals surface area contributed by atoms with Crippen LogP contribution in [-0.2, 0) is 10.0 Å². The highest BCUT2D eigenvalue weighted by Crippen LogP contribution is 2.33. The average molecular weight is 536 g/mol. The Morgan fingerprint density at radius 1 is 1.11 bits per heavy atom. The van der Waals surface area contributed by atoms with Crippen LogP contribution in [0.15, 0.2) is 64.4 Å². The van der Waals surface area contributed by atoms with Gasteiger partial charge in [0.25, 0.3) is 5.56 Å². The fourth-order valence-electron chi connectivity index (χ4n) is 3.37. The molecule has 0 radical (unpaired) electrons. The van der Waals surface area contributed by atoms with Crippen LogP contribution in [0, 0.1) is 0 Å². The topological polar surface area (TPSA) is 135 Å². The quantitative estimate of drug-likeness (QED) is 0.313. The Labute approximate surface area is 210 Å². The van der Waals surface area contributed by atoms with Gasteiger partial charge in [-0.25, -0.2) is 18.1 Å². The summed E-state index contributed by atoms with van der Waals surface area (Å²) in [6.45, 7) is -0.433. The van der Waals surface area contributed by atoms with Crippen molar-refractivity contribution in [3.63, 3.8) is 0 Å². The molecule has 4 rings (SSSR count). The number of aliphatic hydroxyl groups excluding tert-OH is 1. The normalized spacial score (nSPS) is 11.5. The van der Waals surface area contributed by atoms with Crippen LogP contribution in [0.4, 0.5) is 11.6 Å². The fourth-order valence-corrected chi connectivity index (χ4v) is 5.03. The van der Waals surface area contributed by atoms with Crippen LogP contribution in [0.25, 0.3) is 22.2 Å². The second-order valence-corrected chi connectivity index (χ2v) is 9.76. The summed E-state index contributed by atoms with van der Waals surface area (Å²) in [4.78, 5) is 27.1. The molecule has 35 heavy (non-hydrogen) atoms. The highest BCUT2D eigenvalue weighted by atomic mass is 35.5. The van der Waals surface area contributed by atoms with E-state index in [0.717, 1.165) is 4.73 Å². The molecule has 0 aliphatic rings. The predicted octanol–water partition coefficient (Wildman–Crippen LogP) is 2.84. The molecule has 0 atom stereocenters. The van der Waals surface area contributed by atoms with E-state index in [1.165, 1.54) is 25.4 Å². The van der Waals surface area contributed by atoms with Crippen molar-refractivity contribution >= 4 is 55.9 Å². The van der Waals surface area contributed by atoms with E-state index in [9.17, 15) is 13.2 Å². The summed E-state index contributed by atoms with van der Waals surface area (Å²) in [6.07, 6.45) is 1.48. The van der Waals surface area contributed by atoms with Crippen molar-refractivity contribution in [3.8, 4) is 11.1 Å². The maximum absolute atomic E-state index is 13.2. The summed E-state index contributed by atoms with van der Waals surface area (Å²) >= 11 is 12.6. The molecule has 0 saturated carbocycles. The van der Waals surface area contributed by atoms with E-state index in [0.29, 0.717) is 26.7 Å². The van der Waals surface area contributed by atoms with Gasteiger partial charge in [-0.3, -0.25) is 4.79 Å². The first kappa shape index (κ1) is 24.9. The van der Waals surface area contributed by atoms with E-state index in [1.54, 1.807) is 36.4 Å². The summed E-state index contributed by atoms with van der Waals surface area (Å²) in [7, 11) is -2.48. The predicted molar refractivity (Wildman–Crippen MR) is 134 cm³/mol. The number of benzene rings is 2. The van der Waals surface area contributed by atoms with Crippen LogP contribution in [0.2, 0.25) is 10.0 Å². The van der Waals surface area contributed by atoms with Crippen LogP contribution in [0.1, 0.15) is 0 Å². The Balaban J connectivity index is 1.75. The molecule has 0 aliphatic carbocycles. The molecule has 0 fully saturated rings. The number of hydrogen-bond acceptors (Lipinski definition) is 8. The zero-order valence-corrected chi connectivity index (χ0v) is 20.5. The third-order valence-electron chi connectivity index (χ3n) is 4.92. The van der Waals surface area contributed by atoms with Crippen LogP contribution in [0.3, 0.4) is 0 Å². The summed E-state index contributed by atoms with van der Waals surface area (Å²) in [5.41, 5.74) is 0.621. The number of nitrogens with zero attached hydrogens (tertiary/aromatic N) is 3. The minimum atomic E-state index is -3.80. The average Bonchev–Trinajstić information content (AvgIpc) is 2.83.